The number of nitrogens with one attached hydrogen (secondary N) is 1. The zero-order valence-corrected chi connectivity index (χ0v) is 12.3. The monoisotopic (exact) mass is 259 g/mol. The summed E-state index contributed by atoms with van der Waals surface area (Å²) in [6.07, 6.45) is -0.442. The average Bonchev–Trinajstić information content (AvgIpc) is 2.20. The van der Waals surface area contributed by atoms with E-state index in [4.69, 9.17) is 4.74 Å². The molecule has 0 aliphatic heterocycles. The third-order valence-electron chi connectivity index (χ3n) is 2.17. The van der Waals surface area contributed by atoms with Gasteiger partial charge in [-0.15, -0.1) is 0 Å². The Morgan fingerprint density at radius 3 is 2.32 bits per heavy atom. The molecule has 1 aromatic rings. The molecule has 1 aromatic carbocycles. The van der Waals surface area contributed by atoms with Gasteiger partial charge in [0.05, 0.1) is 6.54 Å². The molecule has 0 aliphatic rings. The normalized spacial score (nSPS) is 10.4. The number of aryl methyl sites for hydroxylation is 2. The van der Waals surface area contributed by atoms with Gasteiger partial charge in [-0.3, -0.25) is 0 Å². The summed E-state index contributed by atoms with van der Waals surface area (Å²) in [6.45, 7) is 9.84. The van der Waals surface area contributed by atoms with Crippen LogP contribution >= 0.6 is 0 Å². The summed E-state index contributed by atoms with van der Waals surface area (Å²) in [6, 6.07) is 6.14. The van der Waals surface area contributed by atoms with Gasteiger partial charge < -0.3 is 10.1 Å². The molecule has 1 amide bonds. The highest BCUT2D eigenvalue weighted by Crippen LogP contribution is 2.07. The van der Waals surface area contributed by atoms with Crippen LogP contribution in [0.25, 0.3) is 0 Å². The molecule has 3 heteroatoms. The first kappa shape index (κ1) is 15.1. The van der Waals surface area contributed by atoms with Crippen molar-refractivity contribution in [1.29, 1.82) is 0 Å². The van der Waals surface area contributed by atoms with Crippen LogP contribution in [0, 0.1) is 25.7 Å². The number of rotatable bonds is 1. The van der Waals surface area contributed by atoms with Gasteiger partial charge in [-0.25, -0.2) is 4.79 Å². The number of ether oxygens (including phenoxy) is 1. The van der Waals surface area contributed by atoms with Gasteiger partial charge in [0.25, 0.3) is 0 Å². The van der Waals surface area contributed by atoms with E-state index in [1.807, 2.05) is 46.8 Å². The van der Waals surface area contributed by atoms with Crippen LogP contribution in [0.3, 0.4) is 0 Å². The molecule has 0 fully saturated rings. The average molecular weight is 259 g/mol. The molecular weight excluding hydrogens is 238 g/mol. The first-order valence-corrected chi connectivity index (χ1v) is 6.30. The molecule has 0 heterocycles. The van der Waals surface area contributed by atoms with Crippen molar-refractivity contribution in [2.24, 2.45) is 0 Å². The van der Waals surface area contributed by atoms with Gasteiger partial charge in [0.15, 0.2) is 0 Å². The molecule has 3 nitrogen and oxygen atoms in total. The largest absolute Gasteiger partial charge is 0.444 e. The Labute approximate surface area is 115 Å². The first-order chi connectivity index (χ1) is 8.76. The summed E-state index contributed by atoms with van der Waals surface area (Å²) in [5.41, 5.74) is 2.85. The maximum absolute atomic E-state index is 11.4. The SMILES string of the molecule is Cc1cc(C)cc(C#CCNC(=O)OC(C)(C)C)c1. The van der Waals surface area contributed by atoms with Crippen LogP contribution in [0.4, 0.5) is 4.79 Å². The van der Waals surface area contributed by atoms with Crippen LogP contribution in [-0.4, -0.2) is 18.2 Å². The Balaban J connectivity index is 2.50. The molecule has 0 bridgehead atoms. The molecular formula is C16H21NO2. The molecule has 102 valence electrons. The first-order valence-electron chi connectivity index (χ1n) is 6.30. The smallest absolute Gasteiger partial charge is 0.408 e. The lowest BCUT2D eigenvalue weighted by molar-refractivity contribution is 0.0535. The van der Waals surface area contributed by atoms with Gasteiger partial charge in [-0.2, -0.15) is 0 Å². The van der Waals surface area contributed by atoms with Crippen molar-refractivity contribution in [2.75, 3.05) is 6.54 Å². The Kier molecular flexibility index (Phi) is 5.00. The van der Waals surface area contributed by atoms with E-state index >= 15 is 0 Å². The lowest BCUT2D eigenvalue weighted by atomic mass is 10.1. The molecule has 0 saturated heterocycles. The lowest BCUT2D eigenvalue weighted by Gasteiger charge is -2.19. The summed E-state index contributed by atoms with van der Waals surface area (Å²) >= 11 is 0. The van der Waals surface area contributed by atoms with Crippen LogP contribution in [0.2, 0.25) is 0 Å². The highest BCUT2D eigenvalue weighted by atomic mass is 16.6. The Hall–Kier alpha value is -1.95. The number of amides is 1. The third kappa shape index (κ3) is 6.52. The van der Waals surface area contributed by atoms with Crippen molar-refractivity contribution in [3.8, 4) is 11.8 Å². The lowest BCUT2D eigenvalue weighted by Crippen LogP contribution is -2.32. The molecule has 0 atom stereocenters. The Morgan fingerprint density at radius 2 is 1.79 bits per heavy atom. The highest BCUT2D eigenvalue weighted by Gasteiger charge is 2.14. The number of carbonyl (C=O) groups excluding carboxylic acids is 1. The molecule has 0 unspecified atom stereocenters. The summed E-state index contributed by atoms with van der Waals surface area (Å²) in [7, 11) is 0. The topological polar surface area (TPSA) is 38.3 Å². The van der Waals surface area contributed by atoms with Crippen LogP contribution in [0.15, 0.2) is 18.2 Å². The quantitative estimate of drug-likeness (QED) is 0.787. The Morgan fingerprint density at radius 1 is 1.21 bits per heavy atom. The van der Waals surface area contributed by atoms with Crippen LogP contribution in [0.5, 0.6) is 0 Å². The van der Waals surface area contributed by atoms with E-state index in [0.29, 0.717) is 0 Å². The van der Waals surface area contributed by atoms with Gasteiger partial charge in [0.2, 0.25) is 0 Å². The summed E-state index contributed by atoms with van der Waals surface area (Å²) in [5.74, 6) is 5.94. The second-order valence-corrected chi connectivity index (χ2v) is 5.53. The van der Waals surface area contributed by atoms with Crippen molar-refractivity contribution >= 4 is 6.09 Å². The number of benzene rings is 1. The zero-order valence-electron chi connectivity index (χ0n) is 12.3. The van der Waals surface area contributed by atoms with E-state index in [9.17, 15) is 4.79 Å². The number of carbonyl (C=O) groups is 1. The summed E-state index contributed by atoms with van der Waals surface area (Å²) in [5, 5.41) is 2.60. The molecule has 0 saturated carbocycles. The molecule has 0 aromatic heterocycles. The number of hydrogen-bond donors (Lipinski definition) is 1. The van der Waals surface area contributed by atoms with E-state index in [2.05, 4.69) is 23.2 Å². The predicted octanol–water partition coefficient (Wildman–Crippen LogP) is 3.18. The standard InChI is InChI=1S/C16H21NO2/c1-12-9-13(2)11-14(10-12)7-6-8-17-15(18)19-16(3,4)5/h9-11H,8H2,1-5H3,(H,17,18). The van der Waals surface area contributed by atoms with Crippen molar-refractivity contribution < 1.29 is 9.53 Å². The number of alkyl carbamates (subject to hydrolysis) is 1. The van der Waals surface area contributed by atoms with E-state index in [0.717, 1.165) is 5.56 Å². The summed E-state index contributed by atoms with van der Waals surface area (Å²) < 4.78 is 5.11. The van der Waals surface area contributed by atoms with Crippen LogP contribution in [-0.2, 0) is 4.74 Å². The fourth-order valence-corrected chi connectivity index (χ4v) is 1.62. The zero-order chi connectivity index (χ0) is 14.5. The molecule has 1 N–H and O–H groups in total. The minimum atomic E-state index is -0.481. The van der Waals surface area contributed by atoms with Gasteiger partial charge in [0.1, 0.15) is 5.60 Å². The second kappa shape index (κ2) is 6.29. The van der Waals surface area contributed by atoms with Gasteiger partial charge in [-0.1, -0.05) is 17.9 Å². The maximum Gasteiger partial charge on any atom is 0.408 e. The van der Waals surface area contributed by atoms with E-state index in [1.165, 1.54) is 11.1 Å². The molecule has 0 aliphatic carbocycles. The minimum absolute atomic E-state index is 0.280. The molecule has 0 radical (unpaired) electrons. The van der Waals surface area contributed by atoms with Crippen LogP contribution in [0.1, 0.15) is 37.5 Å². The summed E-state index contributed by atoms with van der Waals surface area (Å²) in [4.78, 5) is 11.4. The van der Waals surface area contributed by atoms with Crippen LogP contribution < -0.4 is 5.32 Å². The van der Waals surface area contributed by atoms with Crippen molar-refractivity contribution in [3.05, 3.63) is 34.9 Å². The minimum Gasteiger partial charge on any atom is -0.444 e. The van der Waals surface area contributed by atoms with Crippen molar-refractivity contribution in [1.82, 2.24) is 5.32 Å². The van der Waals surface area contributed by atoms with E-state index < -0.39 is 11.7 Å². The fraction of sp³-hybridized carbons (Fsp3) is 0.438. The van der Waals surface area contributed by atoms with Gasteiger partial charge >= 0.3 is 6.09 Å². The number of hydrogen-bond acceptors (Lipinski definition) is 2. The highest BCUT2D eigenvalue weighted by molar-refractivity contribution is 5.68. The third-order valence-corrected chi connectivity index (χ3v) is 2.17. The molecule has 0 spiro atoms. The predicted molar refractivity (Wildman–Crippen MR) is 77.0 cm³/mol. The van der Waals surface area contributed by atoms with E-state index in [1.54, 1.807) is 0 Å². The Bertz CT molecular complexity index is 496. The van der Waals surface area contributed by atoms with Gasteiger partial charge in [0, 0.05) is 5.56 Å². The molecule has 19 heavy (non-hydrogen) atoms. The van der Waals surface area contributed by atoms with Crippen molar-refractivity contribution in [3.63, 3.8) is 0 Å². The van der Waals surface area contributed by atoms with Gasteiger partial charge in [-0.05, 0) is 57.9 Å². The molecule has 1 rings (SSSR count). The maximum atomic E-state index is 11.4. The fourth-order valence-electron chi connectivity index (χ4n) is 1.62. The van der Waals surface area contributed by atoms with Crippen molar-refractivity contribution in [2.45, 2.75) is 40.2 Å². The second-order valence-electron chi connectivity index (χ2n) is 5.53. The van der Waals surface area contributed by atoms with E-state index in [-0.39, 0.29) is 6.54 Å².